The van der Waals surface area contributed by atoms with Crippen LogP contribution in [0.15, 0.2) is 54.6 Å². The third-order valence-corrected chi connectivity index (χ3v) is 3.39. The van der Waals surface area contributed by atoms with Crippen molar-refractivity contribution in [3.8, 4) is 5.75 Å². The van der Waals surface area contributed by atoms with Gasteiger partial charge < -0.3 is 15.2 Å². The molecule has 0 spiro atoms. The van der Waals surface area contributed by atoms with Crippen LogP contribution in [0.1, 0.15) is 24.5 Å². The lowest BCUT2D eigenvalue weighted by molar-refractivity contribution is 0.191. The number of nitrogens with one attached hydrogen (secondary N) is 1. The molecule has 0 fully saturated rings. The Morgan fingerprint density at radius 1 is 1.05 bits per heavy atom. The van der Waals surface area contributed by atoms with E-state index in [0.29, 0.717) is 6.54 Å². The third-order valence-electron chi connectivity index (χ3n) is 3.39. The predicted molar refractivity (Wildman–Crippen MR) is 90.1 cm³/mol. The van der Waals surface area contributed by atoms with E-state index in [1.54, 1.807) is 6.92 Å². The molecule has 0 aliphatic rings. The van der Waals surface area contributed by atoms with Crippen LogP contribution in [0.4, 0.5) is 0 Å². The Balaban J connectivity index is 1.71. The van der Waals surface area contributed by atoms with Crippen LogP contribution in [0.2, 0.25) is 0 Å². The number of hydrogen-bond acceptors (Lipinski definition) is 3. The van der Waals surface area contributed by atoms with Gasteiger partial charge in [-0.25, -0.2) is 0 Å². The zero-order chi connectivity index (χ0) is 15.6. The number of hydrogen-bond donors (Lipinski definition) is 2. The monoisotopic (exact) mass is 299 g/mol. The standard InChI is InChI=1S/C19H25NO2/c1-16(21)14-20-15-18-9-5-11-19(13-18)22-12-6-10-17-7-3-2-4-8-17/h2-5,7-9,11,13,16,20-21H,6,10,12,14-15H2,1H3. The van der Waals surface area contributed by atoms with Crippen LogP contribution in [0, 0.1) is 0 Å². The normalized spacial score (nSPS) is 12.1. The summed E-state index contributed by atoms with van der Waals surface area (Å²) in [4.78, 5) is 0. The Labute approximate surface area is 133 Å². The number of rotatable bonds is 9. The van der Waals surface area contributed by atoms with Crippen LogP contribution >= 0.6 is 0 Å². The van der Waals surface area contributed by atoms with Crippen molar-refractivity contribution < 1.29 is 9.84 Å². The molecule has 0 aliphatic carbocycles. The average Bonchev–Trinajstić information content (AvgIpc) is 2.53. The van der Waals surface area contributed by atoms with Crippen LogP contribution in [-0.2, 0) is 13.0 Å². The molecular weight excluding hydrogens is 274 g/mol. The predicted octanol–water partition coefficient (Wildman–Crippen LogP) is 3.17. The van der Waals surface area contributed by atoms with Gasteiger partial charge in [-0.3, -0.25) is 0 Å². The number of aliphatic hydroxyl groups excluding tert-OH is 1. The SMILES string of the molecule is CC(O)CNCc1cccc(OCCCc2ccccc2)c1. The Morgan fingerprint density at radius 3 is 2.59 bits per heavy atom. The van der Waals surface area contributed by atoms with Crippen molar-refractivity contribution in [2.24, 2.45) is 0 Å². The van der Waals surface area contributed by atoms with Crippen LogP contribution in [-0.4, -0.2) is 24.4 Å². The minimum absolute atomic E-state index is 0.322. The Hall–Kier alpha value is -1.84. The molecule has 0 saturated carbocycles. The maximum absolute atomic E-state index is 9.24. The molecule has 0 heterocycles. The molecule has 1 unspecified atom stereocenters. The van der Waals surface area contributed by atoms with Gasteiger partial charge in [-0.15, -0.1) is 0 Å². The largest absolute Gasteiger partial charge is 0.494 e. The van der Waals surface area contributed by atoms with Crippen LogP contribution in [0.3, 0.4) is 0 Å². The van der Waals surface area contributed by atoms with Crippen LogP contribution < -0.4 is 10.1 Å². The van der Waals surface area contributed by atoms with Gasteiger partial charge in [0.1, 0.15) is 5.75 Å². The molecule has 0 bridgehead atoms. The first-order valence-corrected chi connectivity index (χ1v) is 7.88. The van der Waals surface area contributed by atoms with Crippen molar-refractivity contribution in [1.82, 2.24) is 5.32 Å². The first-order valence-electron chi connectivity index (χ1n) is 7.88. The molecule has 0 aliphatic heterocycles. The van der Waals surface area contributed by atoms with Crippen molar-refractivity contribution in [3.63, 3.8) is 0 Å². The van der Waals surface area contributed by atoms with E-state index in [4.69, 9.17) is 4.74 Å². The molecule has 0 radical (unpaired) electrons. The van der Waals surface area contributed by atoms with E-state index < -0.39 is 0 Å². The molecule has 0 aromatic heterocycles. The van der Waals surface area contributed by atoms with E-state index in [1.165, 1.54) is 11.1 Å². The third kappa shape index (κ3) is 6.29. The summed E-state index contributed by atoms with van der Waals surface area (Å²) in [6, 6.07) is 18.6. The molecule has 0 saturated heterocycles. The van der Waals surface area contributed by atoms with E-state index in [9.17, 15) is 5.11 Å². The van der Waals surface area contributed by atoms with Crippen molar-refractivity contribution in [2.45, 2.75) is 32.4 Å². The van der Waals surface area contributed by atoms with Gasteiger partial charge >= 0.3 is 0 Å². The Morgan fingerprint density at radius 2 is 1.82 bits per heavy atom. The van der Waals surface area contributed by atoms with Gasteiger partial charge in [0.05, 0.1) is 12.7 Å². The lowest BCUT2D eigenvalue weighted by Crippen LogP contribution is -2.23. The summed E-state index contributed by atoms with van der Waals surface area (Å²) < 4.78 is 5.82. The molecule has 1 atom stereocenters. The van der Waals surface area contributed by atoms with Crippen molar-refractivity contribution in [3.05, 3.63) is 65.7 Å². The molecule has 3 heteroatoms. The van der Waals surface area contributed by atoms with Gasteiger partial charge in [0.15, 0.2) is 0 Å². The second kappa shape index (κ2) is 9.23. The summed E-state index contributed by atoms with van der Waals surface area (Å²) in [7, 11) is 0. The fourth-order valence-corrected chi connectivity index (χ4v) is 2.28. The molecule has 2 N–H and O–H groups in total. The van der Waals surface area contributed by atoms with Gasteiger partial charge in [0, 0.05) is 13.1 Å². The molecule has 118 valence electrons. The summed E-state index contributed by atoms with van der Waals surface area (Å²) in [6.45, 7) is 3.84. The lowest BCUT2D eigenvalue weighted by Gasteiger charge is -2.10. The number of benzene rings is 2. The van der Waals surface area contributed by atoms with Gasteiger partial charge in [0.2, 0.25) is 0 Å². The van der Waals surface area contributed by atoms with Gasteiger partial charge in [-0.1, -0.05) is 42.5 Å². The highest BCUT2D eigenvalue weighted by molar-refractivity contribution is 5.28. The van der Waals surface area contributed by atoms with Crippen LogP contribution in [0.5, 0.6) is 5.75 Å². The van der Waals surface area contributed by atoms with Crippen molar-refractivity contribution in [1.29, 1.82) is 0 Å². The minimum atomic E-state index is -0.322. The molecule has 3 nitrogen and oxygen atoms in total. The molecule has 2 aromatic carbocycles. The average molecular weight is 299 g/mol. The van der Waals surface area contributed by atoms with Gasteiger partial charge in [-0.2, -0.15) is 0 Å². The summed E-state index contributed by atoms with van der Waals surface area (Å²) >= 11 is 0. The Bertz CT molecular complexity index is 540. The Kier molecular flexibility index (Phi) is 6.94. The maximum atomic E-state index is 9.24. The quantitative estimate of drug-likeness (QED) is 0.699. The molecule has 2 rings (SSSR count). The highest BCUT2D eigenvalue weighted by Gasteiger charge is 1.99. The fourth-order valence-electron chi connectivity index (χ4n) is 2.28. The van der Waals surface area contributed by atoms with Gasteiger partial charge in [0.25, 0.3) is 0 Å². The summed E-state index contributed by atoms with van der Waals surface area (Å²) in [5.41, 5.74) is 2.52. The molecule has 0 amide bonds. The first-order chi connectivity index (χ1) is 10.7. The first kappa shape index (κ1) is 16.5. The topological polar surface area (TPSA) is 41.5 Å². The number of aryl methyl sites for hydroxylation is 1. The summed E-state index contributed by atoms with van der Waals surface area (Å²) in [5.74, 6) is 0.907. The number of aliphatic hydroxyl groups is 1. The second-order valence-corrected chi connectivity index (χ2v) is 5.56. The smallest absolute Gasteiger partial charge is 0.119 e. The van der Waals surface area contributed by atoms with E-state index in [0.717, 1.165) is 31.7 Å². The summed E-state index contributed by atoms with van der Waals surface area (Å²) in [6.07, 6.45) is 1.72. The van der Waals surface area contributed by atoms with E-state index >= 15 is 0 Å². The highest BCUT2D eigenvalue weighted by atomic mass is 16.5. The maximum Gasteiger partial charge on any atom is 0.119 e. The lowest BCUT2D eigenvalue weighted by atomic mass is 10.1. The highest BCUT2D eigenvalue weighted by Crippen LogP contribution is 2.14. The summed E-state index contributed by atoms with van der Waals surface area (Å²) in [5, 5.41) is 12.4. The second-order valence-electron chi connectivity index (χ2n) is 5.56. The zero-order valence-electron chi connectivity index (χ0n) is 13.2. The van der Waals surface area contributed by atoms with Gasteiger partial charge in [-0.05, 0) is 43.0 Å². The van der Waals surface area contributed by atoms with Crippen LogP contribution in [0.25, 0.3) is 0 Å². The van der Waals surface area contributed by atoms with Crippen molar-refractivity contribution >= 4 is 0 Å². The zero-order valence-corrected chi connectivity index (χ0v) is 13.2. The van der Waals surface area contributed by atoms with E-state index in [1.807, 2.05) is 18.2 Å². The minimum Gasteiger partial charge on any atom is -0.494 e. The van der Waals surface area contributed by atoms with Crippen molar-refractivity contribution in [2.75, 3.05) is 13.2 Å². The number of ether oxygens (including phenoxy) is 1. The molecule has 22 heavy (non-hydrogen) atoms. The molecular formula is C19H25NO2. The fraction of sp³-hybridized carbons (Fsp3) is 0.368. The van der Waals surface area contributed by atoms with E-state index in [2.05, 4.69) is 41.7 Å². The van der Waals surface area contributed by atoms with E-state index in [-0.39, 0.29) is 6.10 Å². The molecule has 2 aromatic rings.